The number of hydrogen-bond acceptors (Lipinski definition) is 8. The first-order valence-corrected chi connectivity index (χ1v) is 8.66. The number of benzene rings is 1. The van der Waals surface area contributed by atoms with E-state index in [1.165, 1.54) is 14.2 Å². The van der Waals surface area contributed by atoms with Crippen molar-refractivity contribution in [2.24, 2.45) is 21.6 Å². The number of methoxy groups -OCH3 is 2. The van der Waals surface area contributed by atoms with Crippen molar-refractivity contribution in [3.05, 3.63) is 23.8 Å². The van der Waals surface area contributed by atoms with Crippen LogP contribution >= 0.6 is 0 Å². The standard InChI is InChI=1S/C19H22N4O4/c1-5-26-19(27-6-2)18(11-21)15(17(18,10-20)16(22)23-19)12-7-8-13(24-3)14(9-12)25-4/h7-9,15H,5-6H2,1-4H3,(H2,22,23)/t15-,17-,18+/m1/s1. The van der Waals surface area contributed by atoms with E-state index in [-0.39, 0.29) is 19.0 Å². The quantitative estimate of drug-likeness (QED) is 0.727. The van der Waals surface area contributed by atoms with Gasteiger partial charge in [-0.25, -0.2) is 4.99 Å². The number of fused-ring (bicyclic) bond motifs is 1. The molecule has 0 spiro atoms. The Balaban J connectivity index is 2.21. The van der Waals surface area contributed by atoms with Gasteiger partial charge in [-0.15, -0.1) is 0 Å². The van der Waals surface area contributed by atoms with Crippen molar-refractivity contribution in [1.29, 1.82) is 10.5 Å². The summed E-state index contributed by atoms with van der Waals surface area (Å²) < 4.78 is 22.3. The van der Waals surface area contributed by atoms with E-state index >= 15 is 0 Å². The molecule has 1 saturated carbocycles. The van der Waals surface area contributed by atoms with Crippen LogP contribution in [0, 0.1) is 33.5 Å². The van der Waals surface area contributed by atoms with Crippen LogP contribution in [0.4, 0.5) is 0 Å². The highest BCUT2D eigenvalue weighted by Crippen LogP contribution is 2.82. The van der Waals surface area contributed by atoms with Gasteiger partial charge in [0.05, 0.1) is 26.4 Å². The van der Waals surface area contributed by atoms with Gasteiger partial charge in [-0.05, 0) is 31.5 Å². The lowest BCUT2D eigenvalue weighted by atomic mass is 9.93. The first-order chi connectivity index (χ1) is 13.0. The molecule has 0 saturated heterocycles. The summed E-state index contributed by atoms with van der Waals surface area (Å²) in [4.78, 5) is 4.32. The van der Waals surface area contributed by atoms with E-state index in [1.54, 1.807) is 32.0 Å². The second-order valence-electron chi connectivity index (χ2n) is 6.33. The Morgan fingerprint density at radius 3 is 2.19 bits per heavy atom. The van der Waals surface area contributed by atoms with Crippen molar-refractivity contribution in [1.82, 2.24) is 0 Å². The third kappa shape index (κ3) is 2.05. The summed E-state index contributed by atoms with van der Waals surface area (Å²) in [7, 11) is 3.06. The average Bonchev–Trinajstić information content (AvgIpc) is 3.26. The van der Waals surface area contributed by atoms with E-state index in [0.717, 1.165) is 0 Å². The lowest BCUT2D eigenvalue weighted by molar-refractivity contribution is -0.255. The minimum Gasteiger partial charge on any atom is -0.493 e. The number of amidine groups is 1. The topological polar surface area (TPSA) is 123 Å². The molecule has 1 aliphatic carbocycles. The highest BCUT2D eigenvalue weighted by molar-refractivity contribution is 6.00. The molecule has 0 bridgehead atoms. The predicted octanol–water partition coefficient (Wildman–Crippen LogP) is 1.92. The zero-order valence-corrected chi connectivity index (χ0v) is 15.8. The minimum atomic E-state index is -1.62. The van der Waals surface area contributed by atoms with Crippen LogP contribution in [-0.4, -0.2) is 39.2 Å². The minimum absolute atomic E-state index is 0.0493. The van der Waals surface area contributed by atoms with Gasteiger partial charge in [-0.2, -0.15) is 10.5 Å². The van der Waals surface area contributed by atoms with Crippen molar-refractivity contribution in [2.45, 2.75) is 25.7 Å². The van der Waals surface area contributed by atoms with Crippen molar-refractivity contribution in [3.63, 3.8) is 0 Å². The summed E-state index contributed by atoms with van der Waals surface area (Å²) in [6, 6.07) is 9.77. The van der Waals surface area contributed by atoms with Crippen LogP contribution in [0.25, 0.3) is 0 Å². The van der Waals surface area contributed by atoms with Gasteiger partial charge in [0.1, 0.15) is 11.3 Å². The fraction of sp³-hybridized carbons (Fsp3) is 0.526. The Morgan fingerprint density at radius 2 is 1.70 bits per heavy atom. The van der Waals surface area contributed by atoms with Gasteiger partial charge >= 0.3 is 0 Å². The smallest absolute Gasteiger partial charge is 0.293 e. The first kappa shape index (κ1) is 19.0. The zero-order chi connectivity index (χ0) is 19.9. The van der Waals surface area contributed by atoms with Gasteiger partial charge in [0.25, 0.3) is 5.91 Å². The lowest BCUT2D eigenvalue weighted by Crippen LogP contribution is -2.43. The number of nitrogens with two attached hydrogens (primary N) is 1. The second kappa shape index (κ2) is 6.41. The third-order valence-electron chi connectivity index (χ3n) is 5.35. The summed E-state index contributed by atoms with van der Waals surface area (Å²) in [5.74, 6) is -1.10. The van der Waals surface area contributed by atoms with Gasteiger partial charge in [0.2, 0.25) is 0 Å². The van der Waals surface area contributed by atoms with Gasteiger partial charge < -0.3 is 24.7 Å². The molecule has 1 aliphatic heterocycles. The van der Waals surface area contributed by atoms with Crippen LogP contribution in [0.3, 0.4) is 0 Å². The van der Waals surface area contributed by atoms with E-state index in [2.05, 4.69) is 17.1 Å². The van der Waals surface area contributed by atoms with Crippen molar-refractivity contribution in [3.8, 4) is 23.6 Å². The van der Waals surface area contributed by atoms with E-state index in [4.69, 9.17) is 24.7 Å². The third-order valence-corrected chi connectivity index (χ3v) is 5.35. The van der Waals surface area contributed by atoms with Crippen molar-refractivity contribution in [2.75, 3.05) is 27.4 Å². The second-order valence-corrected chi connectivity index (χ2v) is 6.33. The molecule has 0 radical (unpaired) electrons. The molecule has 8 heteroatoms. The van der Waals surface area contributed by atoms with Crippen LogP contribution in [-0.2, 0) is 9.47 Å². The molecule has 1 fully saturated rings. The molecule has 1 aromatic carbocycles. The summed E-state index contributed by atoms with van der Waals surface area (Å²) in [6.07, 6.45) is 0. The SMILES string of the molecule is CCOC1(OCC)N=C(N)[C@@]2(C#N)[C@@H](c3ccc(OC)c(OC)c3)[C@]12C#N. The molecule has 2 aliphatic rings. The van der Waals surface area contributed by atoms with Crippen LogP contribution in [0.1, 0.15) is 25.3 Å². The molecule has 0 aromatic heterocycles. The molecule has 27 heavy (non-hydrogen) atoms. The van der Waals surface area contributed by atoms with Crippen LogP contribution in [0.15, 0.2) is 23.2 Å². The Hall–Kier alpha value is -2.81. The maximum absolute atomic E-state index is 10.2. The van der Waals surface area contributed by atoms with Gasteiger partial charge in [0.15, 0.2) is 16.9 Å². The molecule has 0 unspecified atom stereocenters. The summed E-state index contributed by atoms with van der Waals surface area (Å²) in [5, 5.41) is 20.2. The largest absolute Gasteiger partial charge is 0.493 e. The van der Waals surface area contributed by atoms with E-state index < -0.39 is 22.7 Å². The monoisotopic (exact) mass is 370 g/mol. The van der Waals surface area contributed by atoms with Gasteiger partial charge in [-0.1, -0.05) is 6.07 Å². The zero-order valence-electron chi connectivity index (χ0n) is 15.8. The van der Waals surface area contributed by atoms with E-state index in [9.17, 15) is 10.5 Å². The number of rotatable bonds is 7. The van der Waals surface area contributed by atoms with Crippen LogP contribution < -0.4 is 15.2 Å². The molecular weight excluding hydrogens is 348 g/mol. The summed E-state index contributed by atoms with van der Waals surface area (Å²) in [6.45, 7) is 4.05. The summed E-state index contributed by atoms with van der Waals surface area (Å²) in [5.41, 5.74) is 4.17. The maximum Gasteiger partial charge on any atom is 0.293 e. The molecule has 8 nitrogen and oxygen atoms in total. The lowest BCUT2D eigenvalue weighted by Gasteiger charge is -2.31. The van der Waals surface area contributed by atoms with E-state index in [0.29, 0.717) is 17.1 Å². The van der Waals surface area contributed by atoms with Gasteiger partial charge in [0, 0.05) is 19.1 Å². The first-order valence-electron chi connectivity index (χ1n) is 8.66. The number of nitrogens with zero attached hydrogens (tertiary/aromatic N) is 3. The maximum atomic E-state index is 10.2. The molecule has 0 amide bonds. The van der Waals surface area contributed by atoms with E-state index in [1.807, 2.05) is 0 Å². The van der Waals surface area contributed by atoms with Gasteiger partial charge in [-0.3, -0.25) is 0 Å². The molecule has 142 valence electrons. The molecule has 3 atom stereocenters. The number of hydrogen-bond donors (Lipinski definition) is 1. The number of nitriles is 2. The highest BCUT2D eigenvalue weighted by atomic mass is 16.7. The molecular formula is C19H22N4O4. The number of ether oxygens (including phenoxy) is 4. The molecule has 3 rings (SSSR count). The van der Waals surface area contributed by atoms with Crippen LogP contribution in [0.5, 0.6) is 11.5 Å². The fourth-order valence-electron chi connectivity index (χ4n) is 4.28. The molecule has 1 aromatic rings. The molecule has 1 heterocycles. The molecule has 2 N–H and O–H groups in total. The number of aliphatic imine (C=N–C) groups is 1. The van der Waals surface area contributed by atoms with Crippen molar-refractivity contribution >= 4 is 5.84 Å². The summed E-state index contributed by atoms with van der Waals surface area (Å²) >= 11 is 0. The Labute approximate surface area is 158 Å². The Kier molecular flexibility index (Phi) is 4.51. The van der Waals surface area contributed by atoms with Crippen molar-refractivity contribution < 1.29 is 18.9 Å². The normalized spacial score (nSPS) is 29.9. The van der Waals surface area contributed by atoms with Crippen LogP contribution in [0.2, 0.25) is 0 Å². The predicted molar refractivity (Wildman–Crippen MR) is 96.0 cm³/mol. The Morgan fingerprint density at radius 1 is 1.07 bits per heavy atom. The fourth-order valence-corrected chi connectivity index (χ4v) is 4.28. The Bertz CT molecular complexity index is 865. The highest BCUT2D eigenvalue weighted by Gasteiger charge is 2.93. The average molecular weight is 370 g/mol.